The van der Waals surface area contributed by atoms with Gasteiger partial charge in [0.15, 0.2) is 0 Å². The fourth-order valence-electron chi connectivity index (χ4n) is 1.87. The molecule has 0 N–H and O–H groups in total. The molecule has 1 aliphatic rings. The van der Waals surface area contributed by atoms with Crippen LogP contribution in [0.5, 0.6) is 0 Å². The van der Waals surface area contributed by atoms with Crippen molar-refractivity contribution in [2.45, 2.75) is 45.6 Å². The first kappa shape index (κ1) is 8.06. The Labute approximate surface area is 63.8 Å². The fourth-order valence-corrected chi connectivity index (χ4v) is 1.87. The first-order chi connectivity index (χ1) is 4.69. The van der Waals surface area contributed by atoms with Gasteiger partial charge in [-0.1, -0.05) is 19.8 Å². The van der Waals surface area contributed by atoms with E-state index in [2.05, 4.69) is 13.8 Å². The van der Waals surface area contributed by atoms with Crippen LogP contribution in [0.4, 0.5) is 0 Å². The molecule has 0 bridgehead atoms. The molecule has 0 radical (unpaired) electrons. The van der Waals surface area contributed by atoms with Gasteiger partial charge in [0.1, 0.15) is 0 Å². The third-order valence-electron chi connectivity index (χ3n) is 3.08. The first-order valence-electron chi connectivity index (χ1n) is 4.22. The Hall–Kier alpha value is -0.0400. The molecule has 1 aliphatic carbocycles. The van der Waals surface area contributed by atoms with Crippen LogP contribution in [0.15, 0.2) is 0 Å². The standard InChI is InChI=1S/C9H18O/c1-8(10-3)9(2)6-4-5-7-9/h8H,4-7H2,1-3H3. The zero-order chi connectivity index (χ0) is 7.61. The van der Waals surface area contributed by atoms with Crippen molar-refractivity contribution in [1.82, 2.24) is 0 Å². The zero-order valence-electron chi connectivity index (χ0n) is 7.31. The van der Waals surface area contributed by atoms with Crippen LogP contribution in [-0.2, 0) is 4.74 Å². The number of rotatable bonds is 2. The van der Waals surface area contributed by atoms with Gasteiger partial charge in [-0.15, -0.1) is 0 Å². The minimum absolute atomic E-state index is 0.440. The summed E-state index contributed by atoms with van der Waals surface area (Å²) in [5.41, 5.74) is 0.481. The van der Waals surface area contributed by atoms with E-state index in [9.17, 15) is 0 Å². The Morgan fingerprint density at radius 3 is 2.20 bits per heavy atom. The smallest absolute Gasteiger partial charge is 0.0596 e. The highest BCUT2D eigenvalue weighted by atomic mass is 16.5. The summed E-state index contributed by atoms with van der Waals surface area (Å²) in [5, 5.41) is 0. The molecule has 0 aliphatic heterocycles. The van der Waals surface area contributed by atoms with Crippen molar-refractivity contribution < 1.29 is 4.74 Å². The normalized spacial score (nSPS) is 26.7. The molecule has 0 saturated heterocycles. The first-order valence-corrected chi connectivity index (χ1v) is 4.22. The van der Waals surface area contributed by atoms with Crippen molar-refractivity contribution >= 4 is 0 Å². The van der Waals surface area contributed by atoms with Gasteiger partial charge in [0.25, 0.3) is 0 Å². The summed E-state index contributed by atoms with van der Waals surface area (Å²) >= 11 is 0. The van der Waals surface area contributed by atoms with Crippen LogP contribution in [-0.4, -0.2) is 13.2 Å². The van der Waals surface area contributed by atoms with Crippen molar-refractivity contribution in [2.75, 3.05) is 7.11 Å². The van der Waals surface area contributed by atoms with Crippen molar-refractivity contribution in [3.63, 3.8) is 0 Å². The molecular formula is C9H18O. The molecule has 1 rings (SSSR count). The minimum Gasteiger partial charge on any atom is -0.381 e. The van der Waals surface area contributed by atoms with Gasteiger partial charge in [0, 0.05) is 7.11 Å². The highest BCUT2D eigenvalue weighted by molar-refractivity contribution is 4.85. The second-order valence-corrected chi connectivity index (χ2v) is 3.74. The molecule has 1 atom stereocenters. The molecule has 0 amide bonds. The lowest BCUT2D eigenvalue weighted by molar-refractivity contribution is 0.0143. The van der Waals surface area contributed by atoms with Gasteiger partial charge in [-0.25, -0.2) is 0 Å². The Bertz CT molecular complexity index is 103. The third-order valence-corrected chi connectivity index (χ3v) is 3.08. The van der Waals surface area contributed by atoms with Crippen LogP contribution >= 0.6 is 0 Å². The highest BCUT2D eigenvalue weighted by Gasteiger charge is 2.34. The predicted molar refractivity (Wildman–Crippen MR) is 43.0 cm³/mol. The van der Waals surface area contributed by atoms with Crippen LogP contribution in [0, 0.1) is 5.41 Å². The Kier molecular flexibility index (Phi) is 2.35. The molecule has 0 aromatic carbocycles. The summed E-state index contributed by atoms with van der Waals surface area (Å²) in [6, 6.07) is 0. The number of hydrogen-bond acceptors (Lipinski definition) is 1. The van der Waals surface area contributed by atoms with E-state index in [1.807, 2.05) is 7.11 Å². The minimum atomic E-state index is 0.440. The molecule has 1 nitrogen and oxygen atoms in total. The van der Waals surface area contributed by atoms with E-state index >= 15 is 0 Å². The summed E-state index contributed by atoms with van der Waals surface area (Å²) in [6.07, 6.45) is 5.92. The predicted octanol–water partition coefficient (Wildman–Crippen LogP) is 2.60. The van der Waals surface area contributed by atoms with Crippen molar-refractivity contribution in [2.24, 2.45) is 5.41 Å². The van der Waals surface area contributed by atoms with Crippen molar-refractivity contribution in [3.05, 3.63) is 0 Å². The van der Waals surface area contributed by atoms with E-state index < -0.39 is 0 Å². The Morgan fingerprint density at radius 2 is 1.80 bits per heavy atom. The van der Waals surface area contributed by atoms with E-state index in [-0.39, 0.29) is 0 Å². The van der Waals surface area contributed by atoms with E-state index in [0.29, 0.717) is 11.5 Å². The van der Waals surface area contributed by atoms with E-state index in [0.717, 1.165) is 0 Å². The van der Waals surface area contributed by atoms with Gasteiger partial charge in [0.2, 0.25) is 0 Å². The molecular weight excluding hydrogens is 124 g/mol. The lowest BCUT2D eigenvalue weighted by atomic mass is 9.83. The van der Waals surface area contributed by atoms with Crippen LogP contribution in [0.2, 0.25) is 0 Å². The van der Waals surface area contributed by atoms with Crippen LogP contribution < -0.4 is 0 Å². The highest BCUT2D eigenvalue weighted by Crippen LogP contribution is 2.41. The van der Waals surface area contributed by atoms with Crippen LogP contribution in [0.3, 0.4) is 0 Å². The summed E-state index contributed by atoms with van der Waals surface area (Å²) in [4.78, 5) is 0. The maximum absolute atomic E-state index is 5.34. The second-order valence-electron chi connectivity index (χ2n) is 3.74. The number of methoxy groups -OCH3 is 1. The van der Waals surface area contributed by atoms with Gasteiger partial charge < -0.3 is 4.74 Å². The molecule has 10 heavy (non-hydrogen) atoms. The Morgan fingerprint density at radius 1 is 1.30 bits per heavy atom. The van der Waals surface area contributed by atoms with Gasteiger partial charge >= 0.3 is 0 Å². The molecule has 0 spiro atoms. The van der Waals surface area contributed by atoms with Crippen molar-refractivity contribution in [3.8, 4) is 0 Å². The lowest BCUT2D eigenvalue weighted by Gasteiger charge is -2.29. The van der Waals surface area contributed by atoms with Crippen LogP contribution in [0.25, 0.3) is 0 Å². The quantitative estimate of drug-likeness (QED) is 0.576. The van der Waals surface area contributed by atoms with Crippen molar-refractivity contribution in [1.29, 1.82) is 0 Å². The largest absolute Gasteiger partial charge is 0.381 e. The van der Waals surface area contributed by atoms with E-state index in [1.165, 1.54) is 25.7 Å². The SMILES string of the molecule is COC(C)C1(C)CCCC1. The topological polar surface area (TPSA) is 9.23 Å². The molecule has 0 heterocycles. The van der Waals surface area contributed by atoms with Gasteiger partial charge in [-0.05, 0) is 25.2 Å². The molecule has 0 aromatic rings. The molecule has 0 aromatic heterocycles. The average Bonchev–Trinajstić information content (AvgIpc) is 2.36. The maximum Gasteiger partial charge on any atom is 0.0596 e. The monoisotopic (exact) mass is 142 g/mol. The molecule has 1 unspecified atom stereocenters. The maximum atomic E-state index is 5.34. The molecule has 1 fully saturated rings. The second kappa shape index (κ2) is 2.91. The van der Waals surface area contributed by atoms with Crippen LogP contribution in [0.1, 0.15) is 39.5 Å². The van der Waals surface area contributed by atoms with Gasteiger partial charge in [0.05, 0.1) is 6.10 Å². The van der Waals surface area contributed by atoms with Gasteiger partial charge in [-0.2, -0.15) is 0 Å². The fraction of sp³-hybridized carbons (Fsp3) is 1.00. The van der Waals surface area contributed by atoms with Gasteiger partial charge in [-0.3, -0.25) is 0 Å². The zero-order valence-corrected chi connectivity index (χ0v) is 7.31. The lowest BCUT2D eigenvalue weighted by Crippen LogP contribution is -2.28. The summed E-state index contributed by atoms with van der Waals surface area (Å²) in [5.74, 6) is 0. The summed E-state index contributed by atoms with van der Waals surface area (Å²) in [7, 11) is 1.81. The third kappa shape index (κ3) is 1.34. The number of ether oxygens (including phenoxy) is 1. The summed E-state index contributed by atoms with van der Waals surface area (Å²) < 4.78 is 5.34. The molecule has 1 saturated carbocycles. The molecule has 1 heteroatoms. The van der Waals surface area contributed by atoms with E-state index in [4.69, 9.17) is 4.74 Å². The average molecular weight is 142 g/mol. The number of hydrogen-bond donors (Lipinski definition) is 0. The summed E-state index contributed by atoms with van der Waals surface area (Å²) in [6.45, 7) is 4.53. The Balaban J connectivity index is 2.49. The molecule has 60 valence electrons. The van der Waals surface area contributed by atoms with E-state index in [1.54, 1.807) is 0 Å².